The molecular weight excluding hydrogens is 566 g/mol. The van der Waals surface area contributed by atoms with Crippen LogP contribution in [0.5, 0.6) is 5.75 Å². The van der Waals surface area contributed by atoms with Gasteiger partial charge in [0.05, 0.1) is 5.02 Å². The highest BCUT2D eigenvalue weighted by molar-refractivity contribution is 6.32. The number of carbonyl (C=O) groups is 1. The molecule has 2 heterocycles. The second-order valence-corrected chi connectivity index (χ2v) is 12.6. The van der Waals surface area contributed by atoms with Crippen LogP contribution in [0.3, 0.4) is 0 Å². The van der Waals surface area contributed by atoms with Crippen LogP contribution in [0.2, 0.25) is 5.02 Å². The molecule has 1 amide bonds. The Hall–Kier alpha value is -3.64. The number of nitrogens with one attached hydrogen (secondary N) is 1. The van der Waals surface area contributed by atoms with E-state index in [1.807, 2.05) is 12.1 Å². The standard InChI is InChI=1S/C38H42ClN3O2/c39-36-24-33(38(43)40-25-30-18-21-42(27-30)26-29-10-4-1-5-11-29)16-17-37(36)44-34-19-22-41(23-20-34)28-35(31-12-6-2-7-13-31)32-14-8-3-9-15-32/h1-17,24,30,34-35H,18-23,25-28H2,(H,40,43). The number of likely N-dealkylation sites (tertiary alicyclic amines) is 2. The van der Waals surface area contributed by atoms with Gasteiger partial charge in [-0.2, -0.15) is 0 Å². The third-order valence-corrected chi connectivity index (χ3v) is 9.33. The Bertz CT molecular complexity index is 1440. The van der Waals surface area contributed by atoms with Crippen molar-refractivity contribution in [2.24, 2.45) is 5.92 Å². The van der Waals surface area contributed by atoms with Gasteiger partial charge in [0, 0.05) is 50.7 Å². The number of piperidine rings is 1. The van der Waals surface area contributed by atoms with E-state index in [4.69, 9.17) is 16.3 Å². The maximum absolute atomic E-state index is 12.9. The van der Waals surface area contributed by atoms with Gasteiger partial charge in [-0.05, 0) is 66.6 Å². The first-order chi connectivity index (χ1) is 21.6. The Morgan fingerprint density at radius 3 is 2.05 bits per heavy atom. The zero-order valence-corrected chi connectivity index (χ0v) is 26.0. The molecule has 2 aliphatic heterocycles. The molecule has 1 atom stereocenters. The molecule has 2 fully saturated rings. The van der Waals surface area contributed by atoms with E-state index < -0.39 is 0 Å². The van der Waals surface area contributed by atoms with Gasteiger partial charge in [-0.15, -0.1) is 0 Å². The number of halogens is 1. The molecule has 0 bridgehead atoms. The van der Waals surface area contributed by atoms with Crippen molar-refractivity contribution in [2.75, 3.05) is 39.3 Å². The quantitative estimate of drug-likeness (QED) is 0.195. The lowest BCUT2D eigenvalue weighted by molar-refractivity contribution is 0.0946. The average molecular weight is 608 g/mol. The molecule has 0 aromatic heterocycles. The molecule has 1 N–H and O–H groups in total. The van der Waals surface area contributed by atoms with Crippen molar-refractivity contribution in [1.82, 2.24) is 15.1 Å². The number of hydrogen-bond acceptors (Lipinski definition) is 4. The highest BCUT2D eigenvalue weighted by Gasteiger charge is 2.26. The molecule has 6 heteroatoms. The van der Waals surface area contributed by atoms with Crippen molar-refractivity contribution in [2.45, 2.75) is 37.8 Å². The number of nitrogens with zero attached hydrogens (tertiary/aromatic N) is 2. The molecular formula is C38H42ClN3O2. The number of amides is 1. The Labute approximate surface area is 266 Å². The van der Waals surface area contributed by atoms with Gasteiger partial charge < -0.3 is 15.0 Å². The van der Waals surface area contributed by atoms with Crippen LogP contribution in [0.25, 0.3) is 0 Å². The van der Waals surface area contributed by atoms with Gasteiger partial charge in [-0.25, -0.2) is 0 Å². The van der Waals surface area contributed by atoms with Gasteiger partial charge in [-0.1, -0.05) is 103 Å². The zero-order valence-electron chi connectivity index (χ0n) is 25.3. The Balaban J connectivity index is 0.964. The first-order valence-electron chi connectivity index (χ1n) is 15.9. The van der Waals surface area contributed by atoms with Crippen LogP contribution in [0, 0.1) is 5.92 Å². The second kappa shape index (κ2) is 14.9. The van der Waals surface area contributed by atoms with Crippen molar-refractivity contribution in [1.29, 1.82) is 0 Å². The van der Waals surface area contributed by atoms with Gasteiger partial charge in [0.2, 0.25) is 0 Å². The SMILES string of the molecule is O=C(NCC1CCN(Cc2ccccc2)C1)c1ccc(OC2CCN(CC(c3ccccc3)c3ccccc3)CC2)c(Cl)c1. The monoisotopic (exact) mass is 607 g/mol. The van der Waals surface area contributed by atoms with Crippen molar-refractivity contribution in [3.63, 3.8) is 0 Å². The van der Waals surface area contributed by atoms with E-state index >= 15 is 0 Å². The van der Waals surface area contributed by atoms with Gasteiger partial charge in [0.25, 0.3) is 5.91 Å². The summed E-state index contributed by atoms with van der Waals surface area (Å²) in [6.07, 6.45) is 3.09. The Kier molecular flexibility index (Phi) is 10.3. The molecule has 44 heavy (non-hydrogen) atoms. The highest BCUT2D eigenvalue weighted by atomic mass is 35.5. The van der Waals surface area contributed by atoms with Crippen LogP contribution in [0.15, 0.2) is 109 Å². The normalized spacial score (nSPS) is 18.0. The lowest BCUT2D eigenvalue weighted by atomic mass is 9.90. The molecule has 0 saturated carbocycles. The molecule has 4 aromatic rings. The van der Waals surface area contributed by atoms with Crippen LogP contribution < -0.4 is 10.1 Å². The highest BCUT2D eigenvalue weighted by Crippen LogP contribution is 2.30. The molecule has 2 saturated heterocycles. The summed E-state index contributed by atoms with van der Waals surface area (Å²) in [7, 11) is 0. The summed E-state index contributed by atoms with van der Waals surface area (Å²) in [5.41, 5.74) is 4.60. The van der Waals surface area contributed by atoms with E-state index in [0.717, 1.165) is 58.5 Å². The fraction of sp³-hybridized carbons (Fsp3) is 0.342. The summed E-state index contributed by atoms with van der Waals surface area (Å²) < 4.78 is 6.35. The third kappa shape index (κ3) is 8.09. The van der Waals surface area contributed by atoms with Crippen LogP contribution in [-0.2, 0) is 6.54 Å². The van der Waals surface area contributed by atoms with E-state index in [1.165, 1.54) is 16.7 Å². The summed E-state index contributed by atoms with van der Waals surface area (Å²) in [5, 5.41) is 3.62. The van der Waals surface area contributed by atoms with Crippen molar-refractivity contribution < 1.29 is 9.53 Å². The largest absolute Gasteiger partial charge is 0.489 e. The molecule has 5 nitrogen and oxygen atoms in total. The molecule has 4 aromatic carbocycles. The van der Waals surface area contributed by atoms with Crippen LogP contribution >= 0.6 is 11.6 Å². The summed E-state index contributed by atoms with van der Waals surface area (Å²) in [4.78, 5) is 17.9. The number of benzene rings is 4. The van der Waals surface area contributed by atoms with Gasteiger partial charge in [0.1, 0.15) is 11.9 Å². The third-order valence-electron chi connectivity index (χ3n) is 9.04. The van der Waals surface area contributed by atoms with E-state index in [0.29, 0.717) is 34.7 Å². The molecule has 6 rings (SSSR count). The fourth-order valence-corrected chi connectivity index (χ4v) is 6.79. The number of carbonyl (C=O) groups excluding carboxylic acids is 1. The van der Waals surface area contributed by atoms with E-state index in [1.54, 1.807) is 6.07 Å². The number of ether oxygens (including phenoxy) is 1. The summed E-state index contributed by atoms with van der Waals surface area (Å²) in [6, 6.07) is 37.6. The average Bonchev–Trinajstić information content (AvgIpc) is 3.52. The van der Waals surface area contributed by atoms with E-state index in [9.17, 15) is 4.79 Å². The molecule has 2 aliphatic rings. The summed E-state index contributed by atoms with van der Waals surface area (Å²) in [5.74, 6) is 1.37. The second-order valence-electron chi connectivity index (χ2n) is 12.2. The minimum Gasteiger partial charge on any atom is -0.489 e. The van der Waals surface area contributed by atoms with Gasteiger partial charge >= 0.3 is 0 Å². The lowest BCUT2D eigenvalue weighted by Crippen LogP contribution is -2.40. The van der Waals surface area contributed by atoms with Crippen molar-refractivity contribution in [3.8, 4) is 5.75 Å². The predicted molar refractivity (Wildman–Crippen MR) is 178 cm³/mol. The number of hydrogen-bond donors (Lipinski definition) is 1. The smallest absolute Gasteiger partial charge is 0.251 e. The number of rotatable bonds is 11. The molecule has 0 aliphatic carbocycles. The summed E-state index contributed by atoms with van der Waals surface area (Å²) in [6.45, 7) is 6.63. The zero-order chi connectivity index (χ0) is 30.1. The molecule has 0 radical (unpaired) electrons. The van der Waals surface area contributed by atoms with Crippen LogP contribution in [0.4, 0.5) is 0 Å². The first kappa shape index (κ1) is 30.4. The minimum atomic E-state index is -0.0837. The maximum atomic E-state index is 12.9. The van der Waals surface area contributed by atoms with Crippen LogP contribution in [0.1, 0.15) is 52.2 Å². The molecule has 1 unspecified atom stereocenters. The van der Waals surface area contributed by atoms with E-state index in [2.05, 4.69) is 106 Å². The lowest BCUT2D eigenvalue weighted by Gasteiger charge is -2.34. The Morgan fingerprint density at radius 1 is 0.795 bits per heavy atom. The van der Waals surface area contributed by atoms with Gasteiger partial charge in [-0.3, -0.25) is 9.69 Å². The van der Waals surface area contributed by atoms with E-state index in [-0.39, 0.29) is 12.0 Å². The minimum absolute atomic E-state index is 0.0837. The maximum Gasteiger partial charge on any atom is 0.251 e. The van der Waals surface area contributed by atoms with Crippen molar-refractivity contribution >= 4 is 17.5 Å². The summed E-state index contributed by atoms with van der Waals surface area (Å²) >= 11 is 6.63. The van der Waals surface area contributed by atoms with Crippen LogP contribution in [-0.4, -0.2) is 61.1 Å². The topological polar surface area (TPSA) is 44.8 Å². The van der Waals surface area contributed by atoms with Crippen molar-refractivity contribution in [3.05, 3.63) is 136 Å². The van der Waals surface area contributed by atoms with Gasteiger partial charge in [0.15, 0.2) is 0 Å². The Morgan fingerprint density at radius 2 is 1.41 bits per heavy atom. The molecule has 228 valence electrons. The molecule has 0 spiro atoms. The fourth-order valence-electron chi connectivity index (χ4n) is 6.56. The first-order valence-corrected chi connectivity index (χ1v) is 16.3. The predicted octanol–water partition coefficient (Wildman–Crippen LogP) is 7.27.